The molecule has 1 atom stereocenters. The second kappa shape index (κ2) is 7.89. The van der Waals surface area contributed by atoms with Gasteiger partial charge in [-0.15, -0.1) is 0 Å². The van der Waals surface area contributed by atoms with Crippen LogP contribution in [0.15, 0.2) is 12.1 Å². The molecule has 0 aliphatic carbocycles. The van der Waals surface area contributed by atoms with Crippen molar-refractivity contribution in [2.45, 2.75) is 12.8 Å². The number of methoxy groups -OCH3 is 3. The molecule has 1 aliphatic heterocycles. The zero-order valence-corrected chi connectivity index (χ0v) is 13.4. The lowest BCUT2D eigenvalue weighted by Crippen LogP contribution is -2.27. The van der Waals surface area contributed by atoms with Gasteiger partial charge in [-0.3, -0.25) is 4.79 Å². The van der Waals surface area contributed by atoms with Crippen LogP contribution in [0, 0.1) is 5.92 Å². The Hall–Kier alpha value is -1.95. The van der Waals surface area contributed by atoms with E-state index in [9.17, 15) is 4.79 Å². The van der Waals surface area contributed by atoms with Crippen molar-refractivity contribution in [2.24, 2.45) is 5.92 Å². The van der Waals surface area contributed by atoms with Gasteiger partial charge >= 0.3 is 0 Å². The van der Waals surface area contributed by atoms with Gasteiger partial charge in [-0.05, 0) is 44.0 Å². The highest BCUT2D eigenvalue weighted by atomic mass is 16.5. The molecule has 122 valence electrons. The Morgan fingerprint density at radius 1 is 1.23 bits per heavy atom. The zero-order valence-electron chi connectivity index (χ0n) is 13.4. The van der Waals surface area contributed by atoms with Crippen molar-refractivity contribution in [1.82, 2.24) is 10.6 Å². The van der Waals surface area contributed by atoms with Crippen LogP contribution >= 0.6 is 0 Å². The van der Waals surface area contributed by atoms with Gasteiger partial charge in [-0.25, -0.2) is 0 Å². The van der Waals surface area contributed by atoms with Crippen LogP contribution in [0.3, 0.4) is 0 Å². The fourth-order valence-corrected chi connectivity index (χ4v) is 2.73. The van der Waals surface area contributed by atoms with Crippen LogP contribution in [0.5, 0.6) is 17.2 Å². The number of ether oxygens (including phenoxy) is 3. The maximum atomic E-state index is 12.4. The lowest BCUT2D eigenvalue weighted by Gasteiger charge is -2.16. The number of carbonyl (C=O) groups excluding carboxylic acids is 1. The summed E-state index contributed by atoms with van der Waals surface area (Å²) in [5.74, 6) is 1.84. The van der Waals surface area contributed by atoms with E-state index in [0.717, 1.165) is 19.5 Å². The summed E-state index contributed by atoms with van der Waals surface area (Å²) in [5, 5.41) is 6.27. The Balaban J connectivity index is 2.04. The monoisotopic (exact) mass is 308 g/mol. The van der Waals surface area contributed by atoms with Crippen molar-refractivity contribution < 1.29 is 19.0 Å². The Kier molecular flexibility index (Phi) is 5.89. The smallest absolute Gasteiger partial charge is 0.255 e. The summed E-state index contributed by atoms with van der Waals surface area (Å²) in [4.78, 5) is 12.4. The first-order valence-electron chi connectivity index (χ1n) is 7.49. The molecule has 2 N–H and O–H groups in total. The summed E-state index contributed by atoms with van der Waals surface area (Å²) in [5.41, 5.74) is 0.449. The molecule has 1 aliphatic rings. The van der Waals surface area contributed by atoms with Crippen LogP contribution in [0.2, 0.25) is 0 Å². The van der Waals surface area contributed by atoms with Gasteiger partial charge in [0.15, 0.2) is 11.5 Å². The molecular weight excluding hydrogens is 284 g/mol. The molecule has 0 bridgehead atoms. The second-order valence-corrected chi connectivity index (χ2v) is 5.29. The molecule has 1 unspecified atom stereocenters. The summed E-state index contributed by atoms with van der Waals surface area (Å²) in [6.07, 6.45) is 2.16. The molecule has 22 heavy (non-hydrogen) atoms. The standard InChI is InChI=1S/C16H24N2O4/c1-20-13-5-4-12(14(21-2)15(13)22-3)16(19)18-9-7-11-6-8-17-10-11/h4-5,11,17H,6-10H2,1-3H3,(H,18,19). The molecule has 0 radical (unpaired) electrons. The number of hydrogen-bond acceptors (Lipinski definition) is 5. The highest BCUT2D eigenvalue weighted by molar-refractivity contribution is 5.98. The first kappa shape index (κ1) is 16.4. The average molecular weight is 308 g/mol. The van der Waals surface area contributed by atoms with Gasteiger partial charge in [0.25, 0.3) is 5.91 Å². The normalized spacial score (nSPS) is 17.1. The van der Waals surface area contributed by atoms with Crippen LogP contribution in [-0.4, -0.2) is 46.9 Å². The van der Waals surface area contributed by atoms with Gasteiger partial charge in [-0.1, -0.05) is 0 Å². The molecular formula is C16H24N2O4. The lowest BCUT2D eigenvalue weighted by atomic mass is 10.1. The summed E-state index contributed by atoms with van der Waals surface area (Å²) >= 11 is 0. The maximum absolute atomic E-state index is 12.4. The van der Waals surface area contributed by atoms with Crippen molar-refractivity contribution in [3.63, 3.8) is 0 Å². The Bertz CT molecular complexity index is 513. The van der Waals surface area contributed by atoms with Crippen LogP contribution in [0.25, 0.3) is 0 Å². The molecule has 6 heteroatoms. The summed E-state index contributed by atoms with van der Waals surface area (Å²) in [6.45, 7) is 2.76. The van der Waals surface area contributed by atoms with E-state index in [1.54, 1.807) is 19.2 Å². The maximum Gasteiger partial charge on any atom is 0.255 e. The minimum absolute atomic E-state index is 0.163. The molecule has 1 fully saturated rings. The topological polar surface area (TPSA) is 68.8 Å². The molecule has 0 aromatic heterocycles. The summed E-state index contributed by atoms with van der Waals surface area (Å²) < 4.78 is 15.8. The van der Waals surface area contributed by atoms with Gasteiger partial charge < -0.3 is 24.8 Å². The highest BCUT2D eigenvalue weighted by Crippen LogP contribution is 2.39. The van der Waals surface area contributed by atoms with Crippen LogP contribution in [0.1, 0.15) is 23.2 Å². The zero-order chi connectivity index (χ0) is 15.9. The fraction of sp³-hybridized carbons (Fsp3) is 0.562. The van der Waals surface area contributed by atoms with Gasteiger partial charge in [0.1, 0.15) is 0 Å². The van der Waals surface area contributed by atoms with Crippen LogP contribution in [0.4, 0.5) is 0 Å². The van der Waals surface area contributed by atoms with Gasteiger partial charge in [0.05, 0.1) is 26.9 Å². The van der Waals surface area contributed by atoms with Crippen LogP contribution in [-0.2, 0) is 0 Å². The molecule has 0 saturated carbocycles. The van der Waals surface area contributed by atoms with Gasteiger partial charge in [0, 0.05) is 6.54 Å². The molecule has 1 heterocycles. The molecule has 1 aromatic carbocycles. The van der Waals surface area contributed by atoms with E-state index >= 15 is 0 Å². The van der Waals surface area contributed by atoms with Crippen molar-refractivity contribution >= 4 is 5.91 Å². The first-order chi connectivity index (χ1) is 10.7. The predicted molar refractivity (Wildman–Crippen MR) is 84.0 cm³/mol. The van der Waals surface area contributed by atoms with Gasteiger partial charge in [-0.2, -0.15) is 0 Å². The lowest BCUT2D eigenvalue weighted by molar-refractivity contribution is 0.0948. The average Bonchev–Trinajstić information content (AvgIpc) is 3.06. The number of nitrogens with one attached hydrogen (secondary N) is 2. The third-order valence-electron chi connectivity index (χ3n) is 3.95. The Morgan fingerprint density at radius 3 is 2.59 bits per heavy atom. The van der Waals surface area contributed by atoms with E-state index < -0.39 is 0 Å². The van der Waals surface area contributed by atoms with E-state index in [-0.39, 0.29) is 5.91 Å². The minimum Gasteiger partial charge on any atom is -0.493 e. The Labute approximate surface area is 131 Å². The van der Waals surface area contributed by atoms with Crippen molar-refractivity contribution in [3.8, 4) is 17.2 Å². The molecule has 1 saturated heterocycles. The predicted octanol–water partition coefficient (Wildman–Crippen LogP) is 1.44. The van der Waals surface area contributed by atoms with E-state index in [4.69, 9.17) is 14.2 Å². The third kappa shape index (κ3) is 3.62. The number of benzene rings is 1. The molecule has 2 rings (SSSR count). The van der Waals surface area contributed by atoms with E-state index in [1.165, 1.54) is 20.6 Å². The van der Waals surface area contributed by atoms with Gasteiger partial charge in [0.2, 0.25) is 5.75 Å². The minimum atomic E-state index is -0.163. The molecule has 6 nitrogen and oxygen atoms in total. The SMILES string of the molecule is COc1ccc(C(=O)NCCC2CCNC2)c(OC)c1OC. The van der Waals surface area contributed by atoms with Crippen LogP contribution < -0.4 is 24.8 Å². The summed E-state index contributed by atoms with van der Waals surface area (Å²) in [6, 6.07) is 3.39. The quantitative estimate of drug-likeness (QED) is 0.798. The molecule has 1 aromatic rings. The van der Waals surface area contributed by atoms with Crippen molar-refractivity contribution in [2.75, 3.05) is 41.0 Å². The Morgan fingerprint density at radius 2 is 2.00 bits per heavy atom. The highest BCUT2D eigenvalue weighted by Gasteiger charge is 2.21. The molecule has 0 spiro atoms. The summed E-state index contributed by atoms with van der Waals surface area (Å²) in [7, 11) is 4.58. The second-order valence-electron chi connectivity index (χ2n) is 5.29. The number of rotatable bonds is 7. The first-order valence-corrected chi connectivity index (χ1v) is 7.49. The largest absolute Gasteiger partial charge is 0.493 e. The van der Waals surface area contributed by atoms with E-state index in [0.29, 0.717) is 35.3 Å². The fourth-order valence-electron chi connectivity index (χ4n) is 2.73. The van der Waals surface area contributed by atoms with E-state index in [2.05, 4.69) is 10.6 Å². The van der Waals surface area contributed by atoms with E-state index in [1.807, 2.05) is 0 Å². The van der Waals surface area contributed by atoms with Crippen molar-refractivity contribution in [1.29, 1.82) is 0 Å². The third-order valence-corrected chi connectivity index (χ3v) is 3.95. The number of amides is 1. The number of hydrogen-bond donors (Lipinski definition) is 2. The molecule has 1 amide bonds. The van der Waals surface area contributed by atoms with Crippen molar-refractivity contribution in [3.05, 3.63) is 17.7 Å². The number of carbonyl (C=O) groups is 1.